The Kier molecular flexibility index (Phi) is 4.94. The lowest BCUT2D eigenvalue weighted by Gasteiger charge is -2.10. The number of thioether (sulfide) groups is 1. The normalized spacial score (nSPS) is 13.4. The number of carbonyl (C=O) groups excluding carboxylic acids is 3. The molecular weight excluding hydrogens is 338 g/mol. The number of anilines is 1. The third-order valence-electron chi connectivity index (χ3n) is 4.17. The molecule has 6 nitrogen and oxygen atoms in total. The molecule has 0 atom stereocenters. The molecule has 0 spiro atoms. The number of aryl methyl sites for hydroxylation is 1. The van der Waals surface area contributed by atoms with E-state index in [9.17, 15) is 14.4 Å². The van der Waals surface area contributed by atoms with Crippen molar-refractivity contribution in [3.05, 3.63) is 46.8 Å². The third-order valence-corrected chi connectivity index (χ3v) is 5.27. The number of para-hydroxylation sites is 1. The van der Waals surface area contributed by atoms with Gasteiger partial charge in [0.15, 0.2) is 5.78 Å². The number of primary amides is 1. The molecule has 0 bridgehead atoms. The Morgan fingerprint density at radius 3 is 2.76 bits per heavy atom. The Morgan fingerprint density at radius 1 is 1.28 bits per heavy atom. The molecule has 1 aromatic heterocycles. The fourth-order valence-corrected chi connectivity index (χ4v) is 3.78. The van der Waals surface area contributed by atoms with E-state index in [4.69, 9.17) is 5.73 Å². The van der Waals surface area contributed by atoms with Gasteiger partial charge in [-0.2, -0.15) is 0 Å². The summed E-state index contributed by atoms with van der Waals surface area (Å²) in [5.74, 6) is -0.493. The number of hydrogen-bond donors (Lipinski definition) is 3. The van der Waals surface area contributed by atoms with Gasteiger partial charge in [-0.05, 0) is 37.5 Å². The van der Waals surface area contributed by atoms with Gasteiger partial charge in [0.1, 0.15) is 5.69 Å². The Morgan fingerprint density at radius 2 is 2.04 bits per heavy atom. The quantitative estimate of drug-likeness (QED) is 0.715. The van der Waals surface area contributed by atoms with Crippen molar-refractivity contribution >= 4 is 35.0 Å². The zero-order valence-electron chi connectivity index (χ0n) is 13.8. The minimum atomic E-state index is -0.419. The van der Waals surface area contributed by atoms with E-state index >= 15 is 0 Å². The number of Topliss-reactive ketones (excluding diaryl/α,β-unsaturated/α-hetero) is 1. The fourth-order valence-electron chi connectivity index (χ4n) is 3.03. The van der Waals surface area contributed by atoms with Crippen LogP contribution >= 0.6 is 11.8 Å². The van der Waals surface area contributed by atoms with Gasteiger partial charge in [-0.3, -0.25) is 14.4 Å². The number of fused-ring (bicyclic) bond motifs is 1. The van der Waals surface area contributed by atoms with Crippen LogP contribution in [-0.2, 0) is 11.2 Å². The summed E-state index contributed by atoms with van der Waals surface area (Å²) in [5, 5.41) is 2.86. The van der Waals surface area contributed by atoms with Gasteiger partial charge < -0.3 is 16.0 Å². The number of aromatic nitrogens is 1. The van der Waals surface area contributed by atoms with Crippen LogP contribution in [0.25, 0.3) is 0 Å². The van der Waals surface area contributed by atoms with Crippen molar-refractivity contribution in [3.8, 4) is 0 Å². The molecule has 0 saturated carbocycles. The number of hydrogen-bond acceptors (Lipinski definition) is 4. The highest BCUT2D eigenvalue weighted by Crippen LogP contribution is 2.29. The van der Waals surface area contributed by atoms with Crippen LogP contribution in [0.3, 0.4) is 0 Å². The standard InChI is InChI=1S/C18H19N3O3S/c1-10-16-12(6-4-7-13(16)22)20-17(10)18(24)21-11-5-2-3-8-14(11)25-9-15(19)23/h2-3,5,8,20H,4,6-7,9H2,1H3,(H2,19,23)(H,21,24). The van der Waals surface area contributed by atoms with Crippen LogP contribution in [0.15, 0.2) is 29.2 Å². The van der Waals surface area contributed by atoms with E-state index in [1.165, 1.54) is 11.8 Å². The Hall–Kier alpha value is -2.54. The van der Waals surface area contributed by atoms with Crippen LogP contribution in [0.2, 0.25) is 0 Å². The van der Waals surface area contributed by atoms with E-state index < -0.39 is 5.91 Å². The highest BCUT2D eigenvalue weighted by molar-refractivity contribution is 8.00. The highest BCUT2D eigenvalue weighted by Gasteiger charge is 2.26. The van der Waals surface area contributed by atoms with E-state index in [1.54, 1.807) is 19.1 Å². The Balaban J connectivity index is 1.84. The van der Waals surface area contributed by atoms with Gasteiger partial charge in [-0.15, -0.1) is 11.8 Å². The fraction of sp³-hybridized carbons (Fsp3) is 0.278. The molecule has 0 fully saturated rings. The summed E-state index contributed by atoms with van der Waals surface area (Å²) in [4.78, 5) is 39.7. The first-order chi connectivity index (χ1) is 12.0. The molecule has 4 N–H and O–H groups in total. The minimum Gasteiger partial charge on any atom is -0.369 e. The number of carbonyl (C=O) groups is 3. The number of nitrogens with one attached hydrogen (secondary N) is 2. The number of benzene rings is 1. The summed E-state index contributed by atoms with van der Waals surface area (Å²) >= 11 is 1.27. The first-order valence-electron chi connectivity index (χ1n) is 8.03. The molecule has 25 heavy (non-hydrogen) atoms. The van der Waals surface area contributed by atoms with Gasteiger partial charge >= 0.3 is 0 Å². The van der Waals surface area contributed by atoms with Gasteiger partial charge in [0.25, 0.3) is 5.91 Å². The molecular formula is C18H19N3O3S. The second kappa shape index (κ2) is 7.14. The zero-order chi connectivity index (χ0) is 18.0. The molecule has 1 aromatic carbocycles. The van der Waals surface area contributed by atoms with E-state index in [2.05, 4.69) is 10.3 Å². The minimum absolute atomic E-state index is 0.0893. The lowest BCUT2D eigenvalue weighted by molar-refractivity contribution is -0.115. The largest absolute Gasteiger partial charge is 0.369 e. The predicted octanol–water partition coefficient (Wildman–Crippen LogP) is 2.67. The maximum Gasteiger partial charge on any atom is 0.272 e. The zero-order valence-corrected chi connectivity index (χ0v) is 14.7. The molecule has 7 heteroatoms. The topological polar surface area (TPSA) is 105 Å². The van der Waals surface area contributed by atoms with Crippen LogP contribution in [0.4, 0.5) is 5.69 Å². The molecule has 0 radical (unpaired) electrons. The molecule has 2 amide bonds. The molecule has 0 saturated heterocycles. The summed E-state index contributed by atoms with van der Waals surface area (Å²) in [6.07, 6.45) is 2.11. The molecule has 130 valence electrons. The number of nitrogens with two attached hydrogens (primary N) is 1. The Labute approximate surface area is 149 Å². The summed E-state index contributed by atoms with van der Waals surface area (Å²) in [6, 6.07) is 7.22. The summed E-state index contributed by atoms with van der Waals surface area (Å²) in [7, 11) is 0. The summed E-state index contributed by atoms with van der Waals surface area (Å²) in [6.45, 7) is 1.79. The van der Waals surface area contributed by atoms with Gasteiger partial charge in [0.05, 0.1) is 11.4 Å². The molecule has 1 aliphatic carbocycles. The van der Waals surface area contributed by atoms with Gasteiger partial charge in [0, 0.05) is 22.6 Å². The van der Waals surface area contributed by atoms with Crippen LogP contribution in [0, 0.1) is 6.92 Å². The molecule has 2 aromatic rings. The number of aromatic amines is 1. The van der Waals surface area contributed by atoms with Crippen molar-refractivity contribution in [1.82, 2.24) is 4.98 Å². The van der Waals surface area contributed by atoms with E-state index in [-0.39, 0.29) is 17.4 Å². The average Bonchev–Trinajstić information content (AvgIpc) is 2.92. The van der Waals surface area contributed by atoms with E-state index in [1.807, 2.05) is 12.1 Å². The predicted molar refractivity (Wildman–Crippen MR) is 97.1 cm³/mol. The van der Waals surface area contributed by atoms with E-state index in [0.717, 1.165) is 23.4 Å². The maximum absolute atomic E-state index is 12.7. The molecule has 1 aliphatic rings. The van der Waals surface area contributed by atoms with Crippen LogP contribution < -0.4 is 11.1 Å². The van der Waals surface area contributed by atoms with Crippen molar-refractivity contribution in [1.29, 1.82) is 0 Å². The monoisotopic (exact) mass is 357 g/mol. The van der Waals surface area contributed by atoms with Crippen molar-refractivity contribution in [2.45, 2.75) is 31.1 Å². The summed E-state index contributed by atoms with van der Waals surface area (Å²) in [5.41, 5.74) is 8.40. The second-order valence-electron chi connectivity index (χ2n) is 5.96. The first-order valence-corrected chi connectivity index (χ1v) is 9.02. The SMILES string of the molecule is Cc1c(C(=O)Nc2ccccc2SCC(N)=O)[nH]c2c1C(=O)CCC2. The molecule has 0 aliphatic heterocycles. The second-order valence-corrected chi connectivity index (χ2v) is 6.98. The first kappa shape index (κ1) is 17.3. The van der Waals surface area contributed by atoms with Crippen molar-refractivity contribution in [3.63, 3.8) is 0 Å². The summed E-state index contributed by atoms with van der Waals surface area (Å²) < 4.78 is 0. The van der Waals surface area contributed by atoms with Crippen LogP contribution in [0.1, 0.15) is 44.9 Å². The maximum atomic E-state index is 12.7. The average molecular weight is 357 g/mol. The van der Waals surface area contributed by atoms with Crippen molar-refractivity contribution in [2.75, 3.05) is 11.1 Å². The van der Waals surface area contributed by atoms with Crippen molar-refractivity contribution in [2.24, 2.45) is 5.73 Å². The molecule has 1 heterocycles. The Bertz CT molecular complexity index is 857. The molecule has 3 rings (SSSR count). The van der Waals surface area contributed by atoms with Crippen LogP contribution in [0.5, 0.6) is 0 Å². The lowest BCUT2D eigenvalue weighted by atomic mass is 9.94. The van der Waals surface area contributed by atoms with Gasteiger partial charge in [-0.1, -0.05) is 12.1 Å². The van der Waals surface area contributed by atoms with E-state index in [0.29, 0.717) is 28.9 Å². The number of amides is 2. The van der Waals surface area contributed by atoms with Gasteiger partial charge in [0.2, 0.25) is 5.91 Å². The number of H-pyrrole nitrogens is 1. The lowest BCUT2D eigenvalue weighted by Crippen LogP contribution is -2.15. The third kappa shape index (κ3) is 3.61. The molecule has 0 unspecified atom stereocenters. The number of rotatable bonds is 5. The van der Waals surface area contributed by atoms with Gasteiger partial charge in [-0.25, -0.2) is 0 Å². The smallest absolute Gasteiger partial charge is 0.272 e. The highest BCUT2D eigenvalue weighted by atomic mass is 32.2. The van der Waals surface area contributed by atoms with Crippen LogP contribution in [-0.4, -0.2) is 28.3 Å². The number of ketones is 1. The van der Waals surface area contributed by atoms with Crippen molar-refractivity contribution < 1.29 is 14.4 Å².